The van der Waals surface area contributed by atoms with Gasteiger partial charge >= 0.3 is 12.1 Å². The number of nitrogens with one attached hydrogen (secondary N) is 1. The number of benzene rings is 2. The van der Waals surface area contributed by atoms with Gasteiger partial charge in [0.2, 0.25) is 5.91 Å². The molecule has 1 amide bonds. The van der Waals surface area contributed by atoms with Crippen LogP contribution in [0, 0.1) is 23.1 Å². The third-order valence-corrected chi connectivity index (χ3v) is 6.81. The smallest absolute Gasteiger partial charge is 0.490 e. The maximum absolute atomic E-state index is 13.5. The monoisotopic (exact) mass is 538 g/mol. The molecule has 0 aromatic heterocycles. The summed E-state index contributed by atoms with van der Waals surface area (Å²) in [4.78, 5) is 24.3. The van der Waals surface area contributed by atoms with Crippen molar-refractivity contribution in [3.63, 3.8) is 0 Å². The molecule has 38 heavy (non-hydrogen) atoms. The largest absolute Gasteiger partial charge is 0.493 e. The van der Waals surface area contributed by atoms with Crippen molar-refractivity contribution >= 4 is 11.9 Å². The van der Waals surface area contributed by atoms with Crippen LogP contribution in [0.4, 0.5) is 17.6 Å². The molecule has 1 aliphatic heterocycles. The molecule has 2 N–H and O–H groups in total. The van der Waals surface area contributed by atoms with Crippen LogP contribution < -0.4 is 10.1 Å². The lowest BCUT2D eigenvalue weighted by atomic mass is 9.91. The fourth-order valence-electron chi connectivity index (χ4n) is 4.59. The number of aliphatic carboxylic acids is 1. The first-order chi connectivity index (χ1) is 17.9. The standard InChI is InChI=1S/C26H33FN2O2.C2HF3O2/c1-19(2)18-31-23-9-5-21(6-10-23)17-29(16-20-3-7-22(27)8-4-20)25(30)24-15-26(24)11-13-28-14-12-26;3-2(4,5)1(6)7/h3-10,19,24,28H,11-18H2,1-2H3;(H,6,7)/t24-;/m0./s1. The maximum atomic E-state index is 13.5. The van der Waals surface area contributed by atoms with Gasteiger partial charge in [-0.15, -0.1) is 0 Å². The third kappa shape index (κ3) is 8.44. The number of rotatable bonds is 8. The molecule has 10 heteroatoms. The van der Waals surface area contributed by atoms with Gasteiger partial charge in [-0.2, -0.15) is 13.2 Å². The summed E-state index contributed by atoms with van der Waals surface area (Å²) in [6.45, 7) is 7.98. The number of carbonyl (C=O) groups is 2. The van der Waals surface area contributed by atoms with E-state index in [1.54, 1.807) is 12.1 Å². The summed E-state index contributed by atoms with van der Waals surface area (Å²) in [5.41, 5.74) is 2.22. The average Bonchev–Trinajstić information content (AvgIpc) is 3.56. The van der Waals surface area contributed by atoms with Crippen LogP contribution in [0.2, 0.25) is 0 Å². The van der Waals surface area contributed by atoms with Crippen molar-refractivity contribution in [2.45, 2.75) is 52.4 Å². The second-order valence-corrected chi connectivity index (χ2v) is 10.3. The van der Waals surface area contributed by atoms with Crippen LogP contribution >= 0.6 is 0 Å². The minimum Gasteiger partial charge on any atom is -0.493 e. The van der Waals surface area contributed by atoms with Crippen molar-refractivity contribution in [3.8, 4) is 5.75 Å². The van der Waals surface area contributed by atoms with Gasteiger partial charge in [0.05, 0.1) is 6.61 Å². The van der Waals surface area contributed by atoms with E-state index in [0.717, 1.165) is 49.2 Å². The van der Waals surface area contributed by atoms with Crippen LogP contribution in [-0.4, -0.2) is 47.8 Å². The number of hydrogen-bond donors (Lipinski definition) is 2. The Morgan fingerprint density at radius 2 is 1.53 bits per heavy atom. The molecule has 0 unspecified atom stereocenters. The first-order valence-electron chi connectivity index (χ1n) is 12.7. The van der Waals surface area contributed by atoms with Crippen molar-refractivity contribution in [3.05, 3.63) is 65.5 Å². The summed E-state index contributed by atoms with van der Waals surface area (Å²) in [5.74, 6) is -1.34. The Kier molecular flexibility index (Phi) is 9.76. The predicted octanol–water partition coefficient (Wildman–Crippen LogP) is 5.41. The molecule has 0 bridgehead atoms. The molecule has 6 nitrogen and oxygen atoms in total. The highest BCUT2D eigenvalue weighted by molar-refractivity contribution is 5.82. The van der Waals surface area contributed by atoms with E-state index in [1.807, 2.05) is 29.2 Å². The lowest BCUT2D eigenvalue weighted by molar-refractivity contribution is -0.192. The molecular weight excluding hydrogens is 504 g/mol. The van der Waals surface area contributed by atoms with Crippen molar-refractivity contribution in [2.24, 2.45) is 17.3 Å². The number of carboxylic acid groups (broad SMARTS) is 1. The van der Waals surface area contributed by atoms with Crippen molar-refractivity contribution < 1.29 is 37.0 Å². The number of nitrogens with zero attached hydrogens (tertiary/aromatic N) is 1. The van der Waals surface area contributed by atoms with Gasteiger partial charge in [-0.3, -0.25) is 4.79 Å². The van der Waals surface area contributed by atoms with E-state index >= 15 is 0 Å². The van der Waals surface area contributed by atoms with E-state index in [9.17, 15) is 22.4 Å². The van der Waals surface area contributed by atoms with Gasteiger partial charge in [0.15, 0.2) is 0 Å². The van der Waals surface area contributed by atoms with Crippen molar-refractivity contribution in [1.82, 2.24) is 10.2 Å². The van der Waals surface area contributed by atoms with Gasteiger partial charge in [-0.05, 0) is 79.1 Å². The Bertz CT molecular complexity index is 1070. The summed E-state index contributed by atoms with van der Waals surface area (Å²) in [7, 11) is 0. The zero-order valence-electron chi connectivity index (χ0n) is 21.6. The number of carbonyl (C=O) groups excluding carboxylic acids is 1. The Labute approximate surface area is 220 Å². The summed E-state index contributed by atoms with van der Waals surface area (Å²) in [6.07, 6.45) is -1.93. The highest BCUT2D eigenvalue weighted by Crippen LogP contribution is 2.59. The predicted molar refractivity (Wildman–Crippen MR) is 134 cm³/mol. The van der Waals surface area contributed by atoms with Crippen LogP contribution in [0.5, 0.6) is 5.75 Å². The fraction of sp³-hybridized carbons (Fsp3) is 0.500. The second kappa shape index (κ2) is 12.6. The van der Waals surface area contributed by atoms with Crippen LogP contribution in [-0.2, 0) is 22.7 Å². The zero-order valence-corrected chi connectivity index (χ0v) is 21.6. The lowest BCUT2D eigenvalue weighted by Gasteiger charge is -2.27. The molecule has 4 rings (SSSR count). The van der Waals surface area contributed by atoms with E-state index in [-0.39, 0.29) is 23.1 Å². The second-order valence-electron chi connectivity index (χ2n) is 10.3. The Morgan fingerprint density at radius 3 is 2.00 bits per heavy atom. The SMILES string of the molecule is CC(C)COc1ccc(CN(Cc2ccc(F)cc2)C(=O)[C@@H]2CC23CCNCC3)cc1.O=C(O)C(F)(F)F. The van der Waals surface area contributed by atoms with E-state index in [1.165, 1.54) is 12.1 Å². The number of halogens is 4. The number of amides is 1. The van der Waals surface area contributed by atoms with Gasteiger partial charge in [-0.1, -0.05) is 38.1 Å². The lowest BCUT2D eigenvalue weighted by Crippen LogP contribution is -2.36. The number of piperidine rings is 1. The molecule has 1 heterocycles. The number of alkyl halides is 3. The first kappa shape index (κ1) is 29.4. The Balaban J connectivity index is 0.000000505. The minimum atomic E-state index is -5.08. The van der Waals surface area contributed by atoms with Crippen LogP contribution in [0.15, 0.2) is 48.5 Å². The Hall–Kier alpha value is -3.14. The van der Waals surface area contributed by atoms with E-state index in [4.69, 9.17) is 14.6 Å². The van der Waals surface area contributed by atoms with E-state index < -0.39 is 12.1 Å². The summed E-state index contributed by atoms with van der Waals surface area (Å²) >= 11 is 0. The number of carboxylic acids is 1. The highest BCUT2D eigenvalue weighted by atomic mass is 19.4. The molecule has 2 fully saturated rings. The van der Waals surface area contributed by atoms with Gasteiger partial charge in [-0.25, -0.2) is 9.18 Å². The van der Waals surface area contributed by atoms with E-state index in [0.29, 0.717) is 25.6 Å². The van der Waals surface area contributed by atoms with Gasteiger partial charge in [0.25, 0.3) is 0 Å². The topological polar surface area (TPSA) is 78.9 Å². The van der Waals surface area contributed by atoms with Gasteiger partial charge in [0.1, 0.15) is 11.6 Å². The van der Waals surface area contributed by atoms with E-state index in [2.05, 4.69) is 19.2 Å². The van der Waals surface area contributed by atoms with Crippen LogP contribution in [0.3, 0.4) is 0 Å². The third-order valence-electron chi connectivity index (χ3n) is 6.81. The molecule has 0 radical (unpaired) electrons. The molecule has 1 saturated carbocycles. The van der Waals surface area contributed by atoms with Crippen LogP contribution in [0.25, 0.3) is 0 Å². The minimum absolute atomic E-state index is 0.115. The molecular formula is C28H34F4N2O4. The molecule has 2 aromatic rings. The molecule has 1 aliphatic carbocycles. The molecule has 208 valence electrons. The van der Waals surface area contributed by atoms with Crippen LogP contribution in [0.1, 0.15) is 44.2 Å². The van der Waals surface area contributed by atoms with Gasteiger partial charge < -0.3 is 20.1 Å². The number of hydrogen-bond acceptors (Lipinski definition) is 4. The molecule has 1 spiro atoms. The summed E-state index contributed by atoms with van der Waals surface area (Å²) in [5, 5.41) is 10.5. The average molecular weight is 539 g/mol. The quantitative estimate of drug-likeness (QED) is 0.440. The molecule has 1 atom stereocenters. The highest BCUT2D eigenvalue weighted by Gasteiger charge is 2.58. The summed E-state index contributed by atoms with van der Waals surface area (Å²) in [6, 6.07) is 14.5. The zero-order chi connectivity index (χ0) is 27.9. The molecule has 2 aromatic carbocycles. The summed E-state index contributed by atoms with van der Waals surface area (Å²) < 4.78 is 50.9. The first-order valence-corrected chi connectivity index (χ1v) is 12.7. The van der Waals surface area contributed by atoms with Crippen molar-refractivity contribution in [1.29, 1.82) is 0 Å². The van der Waals surface area contributed by atoms with Gasteiger partial charge in [0, 0.05) is 19.0 Å². The number of ether oxygens (including phenoxy) is 1. The maximum Gasteiger partial charge on any atom is 0.490 e. The Morgan fingerprint density at radius 1 is 1.03 bits per heavy atom. The van der Waals surface area contributed by atoms with Crippen molar-refractivity contribution in [2.75, 3.05) is 19.7 Å². The fourth-order valence-corrected chi connectivity index (χ4v) is 4.59. The molecule has 2 aliphatic rings. The molecule has 1 saturated heterocycles. The normalized spacial score (nSPS) is 17.9.